The molecule has 2 unspecified atom stereocenters. The molecule has 1 saturated carbocycles. The highest BCUT2D eigenvalue weighted by atomic mass is 79.9. The maximum absolute atomic E-state index is 12.3. The first-order valence-electron chi connectivity index (χ1n) is 6.11. The Hall–Kier alpha value is -0.900. The number of nitriles is 1. The highest BCUT2D eigenvalue weighted by molar-refractivity contribution is 9.09. The molecule has 1 fully saturated rings. The summed E-state index contributed by atoms with van der Waals surface area (Å²) in [7, 11) is -3.52. The maximum Gasteiger partial charge on any atom is 0.241 e. The van der Waals surface area contributed by atoms with Gasteiger partial charge >= 0.3 is 0 Å². The third kappa shape index (κ3) is 3.16. The Morgan fingerprint density at radius 1 is 1.42 bits per heavy atom. The number of rotatable bonds is 3. The Morgan fingerprint density at radius 3 is 2.68 bits per heavy atom. The number of benzene rings is 1. The molecule has 0 heterocycles. The lowest BCUT2D eigenvalue weighted by Gasteiger charge is -2.17. The van der Waals surface area contributed by atoms with Crippen molar-refractivity contribution >= 4 is 26.0 Å². The summed E-state index contributed by atoms with van der Waals surface area (Å²) in [6, 6.07) is 6.56. The van der Waals surface area contributed by atoms with E-state index in [0.717, 1.165) is 19.3 Å². The molecule has 0 spiro atoms. The van der Waals surface area contributed by atoms with Gasteiger partial charge in [-0.25, -0.2) is 13.1 Å². The molecule has 6 heteroatoms. The van der Waals surface area contributed by atoms with Crippen molar-refractivity contribution in [2.75, 3.05) is 0 Å². The Bertz CT molecular complexity index is 622. The minimum absolute atomic E-state index is 0.0555. The average Bonchev–Trinajstić information content (AvgIpc) is 2.73. The van der Waals surface area contributed by atoms with Crippen LogP contribution in [0.5, 0.6) is 0 Å². The summed E-state index contributed by atoms with van der Waals surface area (Å²) in [5, 5.41) is 8.80. The second-order valence-corrected chi connectivity index (χ2v) is 7.63. The van der Waals surface area contributed by atoms with Gasteiger partial charge in [-0.05, 0) is 43.5 Å². The van der Waals surface area contributed by atoms with Crippen LogP contribution in [0.3, 0.4) is 0 Å². The van der Waals surface area contributed by atoms with Crippen molar-refractivity contribution in [1.29, 1.82) is 5.26 Å². The summed E-state index contributed by atoms with van der Waals surface area (Å²) in [5.41, 5.74) is 1.06. The largest absolute Gasteiger partial charge is 0.241 e. The molecule has 0 amide bonds. The van der Waals surface area contributed by atoms with E-state index in [4.69, 9.17) is 5.26 Å². The molecule has 0 radical (unpaired) electrons. The summed E-state index contributed by atoms with van der Waals surface area (Å²) in [6.45, 7) is 1.70. The van der Waals surface area contributed by atoms with Crippen molar-refractivity contribution in [3.63, 3.8) is 0 Å². The molecule has 2 atom stereocenters. The van der Waals surface area contributed by atoms with Crippen molar-refractivity contribution in [3.05, 3.63) is 29.3 Å². The predicted molar refractivity (Wildman–Crippen MR) is 76.6 cm³/mol. The molecule has 102 valence electrons. The fourth-order valence-electron chi connectivity index (χ4n) is 2.33. The zero-order chi connectivity index (χ0) is 14.0. The van der Waals surface area contributed by atoms with Crippen LogP contribution in [-0.2, 0) is 10.0 Å². The molecule has 1 N–H and O–H groups in total. The van der Waals surface area contributed by atoms with Gasteiger partial charge in [0.2, 0.25) is 10.0 Å². The number of nitrogens with one attached hydrogen (secondary N) is 1. The minimum atomic E-state index is -3.52. The van der Waals surface area contributed by atoms with Gasteiger partial charge in [0.15, 0.2) is 0 Å². The third-order valence-electron chi connectivity index (χ3n) is 3.33. The zero-order valence-electron chi connectivity index (χ0n) is 10.6. The number of halogens is 1. The van der Waals surface area contributed by atoms with Gasteiger partial charge in [-0.2, -0.15) is 5.26 Å². The van der Waals surface area contributed by atoms with Gasteiger partial charge in [0.05, 0.1) is 16.5 Å². The monoisotopic (exact) mass is 342 g/mol. The van der Waals surface area contributed by atoms with Crippen LogP contribution in [0.25, 0.3) is 0 Å². The van der Waals surface area contributed by atoms with Crippen LogP contribution < -0.4 is 4.72 Å². The van der Waals surface area contributed by atoms with E-state index >= 15 is 0 Å². The van der Waals surface area contributed by atoms with Gasteiger partial charge in [0, 0.05) is 10.9 Å². The molecular weight excluding hydrogens is 328 g/mol. The molecule has 1 aromatic carbocycles. The van der Waals surface area contributed by atoms with Crippen molar-refractivity contribution in [1.82, 2.24) is 4.72 Å². The van der Waals surface area contributed by atoms with E-state index in [1.165, 1.54) is 12.1 Å². The van der Waals surface area contributed by atoms with Crippen LogP contribution in [0, 0.1) is 18.3 Å². The van der Waals surface area contributed by atoms with Crippen LogP contribution in [0.2, 0.25) is 0 Å². The average molecular weight is 343 g/mol. The number of aryl methyl sites for hydroxylation is 1. The molecule has 0 bridgehead atoms. The van der Waals surface area contributed by atoms with Gasteiger partial charge in [0.1, 0.15) is 0 Å². The van der Waals surface area contributed by atoms with E-state index in [2.05, 4.69) is 20.7 Å². The smallest absolute Gasteiger partial charge is 0.207 e. The summed E-state index contributed by atoms with van der Waals surface area (Å²) in [5.74, 6) is 0. The van der Waals surface area contributed by atoms with Crippen molar-refractivity contribution < 1.29 is 8.42 Å². The molecule has 0 aliphatic heterocycles. The second-order valence-electron chi connectivity index (χ2n) is 4.77. The van der Waals surface area contributed by atoms with E-state index in [9.17, 15) is 8.42 Å². The van der Waals surface area contributed by atoms with Gasteiger partial charge in [0.25, 0.3) is 0 Å². The van der Waals surface area contributed by atoms with Crippen LogP contribution in [0.1, 0.15) is 30.4 Å². The van der Waals surface area contributed by atoms with Crippen molar-refractivity contribution in [2.24, 2.45) is 0 Å². The Kier molecular flexibility index (Phi) is 4.29. The molecule has 0 aromatic heterocycles. The first kappa shape index (κ1) is 14.5. The molecule has 0 saturated heterocycles. The SMILES string of the molecule is Cc1cc(C#N)ccc1S(=O)(=O)NC1CCCC1Br. The van der Waals surface area contributed by atoms with E-state index in [1.54, 1.807) is 13.0 Å². The van der Waals surface area contributed by atoms with E-state index < -0.39 is 10.0 Å². The van der Waals surface area contributed by atoms with Gasteiger partial charge < -0.3 is 0 Å². The number of nitrogens with zero attached hydrogens (tertiary/aromatic N) is 1. The van der Waals surface area contributed by atoms with Crippen molar-refractivity contribution in [2.45, 2.75) is 42.0 Å². The highest BCUT2D eigenvalue weighted by Gasteiger charge is 2.30. The zero-order valence-corrected chi connectivity index (χ0v) is 13.0. The summed E-state index contributed by atoms with van der Waals surface area (Å²) in [4.78, 5) is 0.444. The predicted octanol–water partition coefficient (Wildman–Crippen LogP) is 2.46. The van der Waals surface area contributed by atoms with Crippen molar-refractivity contribution in [3.8, 4) is 6.07 Å². The lowest BCUT2D eigenvalue weighted by Crippen LogP contribution is -2.37. The Balaban J connectivity index is 2.27. The standard InChI is InChI=1S/C13H15BrN2O2S/c1-9-7-10(8-15)5-6-13(9)19(17,18)16-12-4-2-3-11(12)14/h5-7,11-12,16H,2-4H2,1H3. The lowest BCUT2D eigenvalue weighted by molar-refractivity contribution is 0.556. The van der Waals surface area contributed by atoms with Crippen LogP contribution in [0.15, 0.2) is 23.1 Å². The van der Waals surface area contributed by atoms with Crippen LogP contribution in [0.4, 0.5) is 0 Å². The molecule has 1 aliphatic carbocycles. The Morgan fingerprint density at radius 2 is 2.16 bits per heavy atom. The first-order chi connectivity index (χ1) is 8.94. The first-order valence-corrected chi connectivity index (χ1v) is 8.51. The fourth-order valence-corrected chi connectivity index (χ4v) is 4.76. The molecule has 1 aliphatic rings. The quantitative estimate of drug-likeness (QED) is 0.857. The van der Waals surface area contributed by atoms with E-state index in [1.807, 2.05) is 6.07 Å². The third-order valence-corrected chi connectivity index (χ3v) is 6.08. The molecule has 1 aromatic rings. The number of sulfonamides is 1. The molecule has 2 rings (SSSR count). The molecular formula is C13H15BrN2O2S. The number of alkyl halides is 1. The van der Waals surface area contributed by atoms with Crippen LogP contribution in [-0.4, -0.2) is 19.3 Å². The highest BCUT2D eigenvalue weighted by Crippen LogP contribution is 2.27. The Labute approximate surface area is 122 Å². The minimum Gasteiger partial charge on any atom is -0.207 e. The maximum atomic E-state index is 12.3. The normalized spacial score (nSPS) is 23.2. The lowest BCUT2D eigenvalue weighted by atomic mass is 10.2. The van der Waals surface area contributed by atoms with Gasteiger partial charge in [-0.15, -0.1) is 0 Å². The second kappa shape index (κ2) is 5.61. The summed E-state index contributed by atoms with van der Waals surface area (Å²) >= 11 is 3.50. The molecule has 4 nitrogen and oxygen atoms in total. The fraction of sp³-hybridized carbons (Fsp3) is 0.462. The topological polar surface area (TPSA) is 70.0 Å². The van der Waals surface area contributed by atoms with Gasteiger partial charge in [-0.1, -0.05) is 22.4 Å². The molecule has 19 heavy (non-hydrogen) atoms. The van der Waals surface area contributed by atoms with Gasteiger partial charge in [-0.3, -0.25) is 0 Å². The summed E-state index contributed by atoms with van der Waals surface area (Å²) < 4.78 is 27.4. The van der Waals surface area contributed by atoms with Crippen LogP contribution >= 0.6 is 15.9 Å². The number of hydrogen-bond acceptors (Lipinski definition) is 3. The summed E-state index contributed by atoms with van der Waals surface area (Å²) in [6.07, 6.45) is 2.86. The van der Waals surface area contributed by atoms with E-state index in [-0.39, 0.29) is 15.8 Å². The number of hydrogen-bond donors (Lipinski definition) is 1. The van der Waals surface area contributed by atoms with E-state index in [0.29, 0.717) is 11.1 Å².